The van der Waals surface area contributed by atoms with E-state index < -0.39 is 0 Å². The highest BCUT2D eigenvalue weighted by molar-refractivity contribution is 9.10. The van der Waals surface area contributed by atoms with Gasteiger partial charge in [-0.2, -0.15) is 0 Å². The monoisotopic (exact) mass is 324 g/mol. The number of hydrogen-bond acceptors (Lipinski definition) is 2. The molecule has 0 aliphatic heterocycles. The summed E-state index contributed by atoms with van der Waals surface area (Å²) in [6.07, 6.45) is 3.09. The number of anilines is 1. The van der Waals surface area contributed by atoms with Gasteiger partial charge >= 0.3 is 0 Å². The molecule has 0 aliphatic carbocycles. The first-order valence-corrected chi connectivity index (χ1v) is 6.42. The van der Waals surface area contributed by atoms with E-state index >= 15 is 0 Å². The second-order valence-electron chi connectivity index (χ2n) is 3.72. The van der Waals surface area contributed by atoms with Crippen molar-refractivity contribution in [2.45, 2.75) is 6.92 Å². The topological polar surface area (TPSA) is 42.0 Å². The van der Waals surface area contributed by atoms with Gasteiger partial charge in [0.05, 0.1) is 16.9 Å². The molecule has 5 heteroatoms. The largest absolute Gasteiger partial charge is 0.319 e. The van der Waals surface area contributed by atoms with Crippen LogP contribution in [0.3, 0.4) is 0 Å². The molecule has 2 rings (SSSR count). The summed E-state index contributed by atoms with van der Waals surface area (Å²) in [7, 11) is 0. The zero-order chi connectivity index (χ0) is 13.1. The minimum absolute atomic E-state index is 0.205. The lowest BCUT2D eigenvalue weighted by Crippen LogP contribution is -2.14. The van der Waals surface area contributed by atoms with Gasteiger partial charge in [-0.25, -0.2) is 0 Å². The third-order valence-corrected chi connectivity index (χ3v) is 3.72. The highest BCUT2D eigenvalue weighted by atomic mass is 79.9. The normalized spacial score (nSPS) is 10.2. The summed E-state index contributed by atoms with van der Waals surface area (Å²) >= 11 is 9.36. The predicted octanol–water partition coefficient (Wildman–Crippen LogP) is 4.06. The van der Waals surface area contributed by atoms with E-state index in [-0.39, 0.29) is 5.91 Å². The Kier molecular flexibility index (Phi) is 3.99. The Hall–Kier alpha value is -1.39. The van der Waals surface area contributed by atoms with Crippen LogP contribution in [-0.2, 0) is 0 Å². The number of carbonyl (C=O) groups excluding carboxylic acids is 1. The standard InChI is InChI=1S/C13H10BrClN2O/c1-8-9(3-2-4-10(8)14)13(18)17-12-7-16-6-5-11(12)15/h2-7H,1H3,(H,17,18). The van der Waals surface area contributed by atoms with Gasteiger partial charge < -0.3 is 5.32 Å². The van der Waals surface area contributed by atoms with Crippen molar-refractivity contribution in [2.75, 3.05) is 5.32 Å². The highest BCUT2D eigenvalue weighted by Crippen LogP contribution is 2.23. The van der Waals surface area contributed by atoms with E-state index in [1.54, 1.807) is 18.3 Å². The number of aromatic nitrogens is 1. The molecule has 0 saturated carbocycles. The van der Waals surface area contributed by atoms with Gasteiger partial charge in [-0.3, -0.25) is 9.78 Å². The van der Waals surface area contributed by atoms with Crippen LogP contribution in [0.2, 0.25) is 5.02 Å². The SMILES string of the molecule is Cc1c(Br)cccc1C(=O)Nc1cnccc1Cl. The van der Waals surface area contributed by atoms with E-state index in [4.69, 9.17) is 11.6 Å². The van der Waals surface area contributed by atoms with E-state index in [2.05, 4.69) is 26.2 Å². The lowest BCUT2D eigenvalue weighted by atomic mass is 10.1. The van der Waals surface area contributed by atoms with Gasteiger partial charge in [0.25, 0.3) is 5.91 Å². The molecule has 0 saturated heterocycles. The minimum Gasteiger partial charge on any atom is -0.319 e. The van der Waals surface area contributed by atoms with E-state index in [9.17, 15) is 4.79 Å². The third kappa shape index (κ3) is 2.71. The molecule has 1 amide bonds. The molecule has 92 valence electrons. The Balaban J connectivity index is 2.28. The maximum absolute atomic E-state index is 12.1. The maximum atomic E-state index is 12.1. The number of halogens is 2. The van der Waals surface area contributed by atoms with Crippen LogP contribution in [0.1, 0.15) is 15.9 Å². The quantitative estimate of drug-likeness (QED) is 0.905. The molecule has 2 aromatic rings. The minimum atomic E-state index is -0.205. The smallest absolute Gasteiger partial charge is 0.256 e. The average Bonchev–Trinajstić information content (AvgIpc) is 2.35. The van der Waals surface area contributed by atoms with E-state index in [1.807, 2.05) is 19.1 Å². The summed E-state index contributed by atoms with van der Waals surface area (Å²) in [5, 5.41) is 3.20. The molecule has 0 radical (unpaired) electrons. The van der Waals surface area contributed by atoms with Crippen LogP contribution in [0.15, 0.2) is 41.1 Å². The van der Waals surface area contributed by atoms with Crippen molar-refractivity contribution in [2.24, 2.45) is 0 Å². The Morgan fingerprint density at radius 3 is 2.89 bits per heavy atom. The highest BCUT2D eigenvalue weighted by Gasteiger charge is 2.12. The Morgan fingerprint density at radius 1 is 1.39 bits per heavy atom. The lowest BCUT2D eigenvalue weighted by Gasteiger charge is -2.09. The predicted molar refractivity (Wildman–Crippen MR) is 76.1 cm³/mol. The van der Waals surface area contributed by atoms with Gasteiger partial charge in [0.2, 0.25) is 0 Å². The first kappa shape index (κ1) is 13.1. The number of amides is 1. The number of hydrogen-bond donors (Lipinski definition) is 1. The summed E-state index contributed by atoms with van der Waals surface area (Å²) in [6, 6.07) is 7.10. The molecule has 1 N–H and O–H groups in total. The summed E-state index contributed by atoms with van der Waals surface area (Å²) in [4.78, 5) is 16.0. The first-order chi connectivity index (χ1) is 8.59. The molecule has 18 heavy (non-hydrogen) atoms. The number of nitrogens with zero attached hydrogens (tertiary/aromatic N) is 1. The van der Waals surface area contributed by atoms with Crippen molar-refractivity contribution in [1.29, 1.82) is 0 Å². The number of carbonyl (C=O) groups is 1. The molecule has 1 heterocycles. The Labute approximate surface area is 118 Å². The zero-order valence-electron chi connectivity index (χ0n) is 9.58. The van der Waals surface area contributed by atoms with Crippen molar-refractivity contribution in [3.8, 4) is 0 Å². The van der Waals surface area contributed by atoms with Gasteiger partial charge in [-0.05, 0) is 30.7 Å². The molecule has 0 atom stereocenters. The molecular formula is C13H10BrClN2O. The van der Waals surface area contributed by atoms with Crippen molar-refractivity contribution in [3.05, 3.63) is 57.3 Å². The molecule has 1 aromatic carbocycles. The van der Waals surface area contributed by atoms with E-state index in [0.29, 0.717) is 16.3 Å². The van der Waals surface area contributed by atoms with Gasteiger partial charge in [-0.15, -0.1) is 0 Å². The van der Waals surface area contributed by atoms with Crippen LogP contribution in [0.4, 0.5) is 5.69 Å². The molecule has 3 nitrogen and oxygen atoms in total. The maximum Gasteiger partial charge on any atom is 0.256 e. The molecule has 0 fully saturated rings. The van der Waals surface area contributed by atoms with Gasteiger partial charge in [0.1, 0.15) is 0 Å². The van der Waals surface area contributed by atoms with Crippen LogP contribution >= 0.6 is 27.5 Å². The van der Waals surface area contributed by atoms with Crippen LogP contribution in [-0.4, -0.2) is 10.9 Å². The van der Waals surface area contributed by atoms with Gasteiger partial charge in [-0.1, -0.05) is 33.6 Å². The Bertz CT molecular complexity index is 601. The molecule has 0 spiro atoms. The lowest BCUT2D eigenvalue weighted by molar-refractivity contribution is 0.102. The molecule has 0 aliphatic rings. The second-order valence-corrected chi connectivity index (χ2v) is 4.98. The van der Waals surface area contributed by atoms with Gasteiger partial charge in [0, 0.05) is 16.2 Å². The van der Waals surface area contributed by atoms with Gasteiger partial charge in [0.15, 0.2) is 0 Å². The van der Waals surface area contributed by atoms with Crippen LogP contribution in [0.25, 0.3) is 0 Å². The first-order valence-electron chi connectivity index (χ1n) is 5.25. The second kappa shape index (κ2) is 5.50. The van der Waals surface area contributed by atoms with Crippen molar-refractivity contribution in [3.63, 3.8) is 0 Å². The summed E-state index contributed by atoms with van der Waals surface area (Å²) in [6.45, 7) is 1.88. The van der Waals surface area contributed by atoms with Crippen LogP contribution in [0, 0.1) is 6.92 Å². The molecule has 0 unspecified atom stereocenters. The summed E-state index contributed by atoms with van der Waals surface area (Å²) in [5.74, 6) is -0.205. The number of rotatable bonds is 2. The zero-order valence-corrected chi connectivity index (χ0v) is 11.9. The number of pyridine rings is 1. The third-order valence-electron chi connectivity index (χ3n) is 2.53. The van der Waals surface area contributed by atoms with Crippen molar-refractivity contribution < 1.29 is 4.79 Å². The van der Waals surface area contributed by atoms with Crippen molar-refractivity contribution in [1.82, 2.24) is 4.98 Å². The molecule has 0 bridgehead atoms. The number of benzene rings is 1. The molecular weight excluding hydrogens is 316 g/mol. The number of nitrogens with one attached hydrogen (secondary N) is 1. The Morgan fingerprint density at radius 2 is 2.17 bits per heavy atom. The fourth-order valence-corrected chi connectivity index (χ4v) is 2.03. The van der Waals surface area contributed by atoms with E-state index in [0.717, 1.165) is 10.0 Å². The summed E-state index contributed by atoms with van der Waals surface area (Å²) in [5.41, 5.74) is 1.99. The fraction of sp³-hybridized carbons (Fsp3) is 0.0769. The molecule has 1 aromatic heterocycles. The van der Waals surface area contributed by atoms with Crippen LogP contribution < -0.4 is 5.32 Å². The van der Waals surface area contributed by atoms with Crippen molar-refractivity contribution >= 4 is 39.1 Å². The fourth-order valence-electron chi connectivity index (χ4n) is 1.51. The average molecular weight is 326 g/mol. The van der Waals surface area contributed by atoms with Crippen LogP contribution in [0.5, 0.6) is 0 Å². The summed E-state index contributed by atoms with van der Waals surface area (Å²) < 4.78 is 0.896. The van der Waals surface area contributed by atoms with E-state index in [1.165, 1.54) is 6.20 Å².